The largest absolute Gasteiger partial charge is 0.480 e. The van der Waals surface area contributed by atoms with Crippen LogP contribution in [0.2, 0.25) is 0 Å². The fourth-order valence-electron chi connectivity index (χ4n) is 4.35. The number of nitrogens with one attached hydrogen (secondary N) is 2. The van der Waals surface area contributed by atoms with Gasteiger partial charge in [0.25, 0.3) is 5.91 Å². The van der Waals surface area contributed by atoms with E-state index in [1.54, 1.807) is 37.7 Å². The Morgan fingerprint density at radius 1 is 1.00 bits per heavy atom. The van der Waals surface area contributed by atoms with Crippen LogP contribution in [0.25, 0.3) is 11.3 Å². The zero-order valence-corrected chi connectivity index (χ0v) is 22.5. The predicted octanol–water partition coefficient (Wildman–Crippen LogP) is 5.41. The highest BCUT2D eigenvalue weighted by molar-refractivity contribution is 5.97. The molecule has 4 aromatic rings. The Morgan fingerprint density at radius 2 is 1.68 bits per heavy atom. The van der Waals surface area contributed by atoms with Crippen LogP contribution in [-0.2, 0) is 23.0 Å². The first-order chi connectivity index (χ1) is 19.5. The molecule has 3 N–H and O–H groups in total. The van der Waals surface area contributed by atoms with E-state index in [-0.39, 0.29) is 17.5 Å². The summed E-state index contributed by atoms with van der Waals surface area (Å²) in [5, 5.41) is 19.1. The van der Waals surface area contributed by atoms with Crippen molar-refractivity contribution in [1.29, 1.82) is 0 Å². The minimum absolute atomic E-state index is 0.176. The molecular weight excluding hydrogens is 534 g/mol. The number of aryl methyl sites for hydroxylation is 2. The molecule has 11 heteroatoms. The Bertz CT molecular complexity index is 1570. The number of halogens is 2. The van der Waals surface area contributed by atoms with Crippen molar-refractivity contribution >= 4 is 23.7 Å². The molecule has 0 bridgehead atoms. The van der Waals surface area contributed by atoms with Gasteiger partial charge in [0.15, 0.2) is 11.6 Å². The van der Waals surface area contributed by atoms with Crippen molar-refractivity contribution < 1.29 is 33.0 Å². The maximum absolute atomic E-state index is 13.5. The van der Waals surface area contributed by atoms with Gasteiger partial charge in [-0.1, -0.05) is 48.5 Å². The molecule has 0 aliphatic heterocycles. The van der Waals surface area contributed by atoms with Gasteiger partial charge in [-0.2, -0.15) is 5.10 Å². The average molecular weight is 563 g/mol. The van der Waals surface area contributed by atoms with Crippen LogP contribution in [0.4, 0.5) is 19.3 Å². The number of benzene rings is 3. The van der Waals surface area contributed by atoms with Crippen LogP contribution in [0.3, 0.4) is 0 Å². The molecule has 0 saturated carbocycles. The van der Waals surface area contributed by atoms with Gasteiger partial charge in [0, 0.05) is 24.6 Å². The maximum Gasteiger partial charge on any atom is 0.412 e. The van der Waals surface area contributed by atoms with Crippen molar-refractivity contribution in [3.8, 4) is 11.3 Å². The summed E-state index contributed by atoms with van der Waals surface area (Å²) in [6.07, 6.45) is -1.37. The minimum Gasteiger partial charge on any atom is -0.480 e. The van der Waals surface area contributed by atoms with E-state index in [4.69, 9.17) is 4.74 Å². The highest BCUT2D eigenvalue weighted by Gasteiger charge is 2.23. The number of nitrogens with zero attached hydrogens (tertiary/aromatic N) is 2. The van der Waals surface area contributed by atoms with Crippen molar-refractivity contribution in [1.82, 2.24) is 15.1 Å². The Balaban J connectivity index is 1.47. The molecular formula is C30H28F2N4O5. The number of carbonyl (C=O) groups is 3. The van der Waals surface area contributed by atoms with Gasteiger partial charge in [-0.25, -0.2) is 18.4 Å². The van der Waals surface area contributed by atoms with Crippen molar-refractivity contribution in [3.05, 3.63) is 107 Å². The maximum atomic E-state index is 13.5. The van der Waals surface area contributed by atoms with Crippen LogP contribution < -0.4 is 10.6 Å². The molecule has 2 amide bonds. The lowest BCUT2D eigenvalue weighted by molar-refractivity contribution is -0.139. The van der Waals surface area contributed by atoms with E-state index in [1.165, 1.54) is 18.2 Å². The summed E-state index contributed by atoms with van der Waals surface area (Å²) in [5.74, 6) is -4.14. The number of rotatable bonds is 9. The molecule has 0 saturated heterocycles. The molecule has 3 aromatic carbocycles. The van der Waals surface area contributed by atoms with Crippen molar-refractivity contribution in [3.63, 3.8) is 0 Å². The van der Waals surface area contributed by atoms with Crippen molar-refractivity contribution in [2.75, 3.05) is 5.32 Å². The van der Waals surface area contributed by atoms with E-state index in [0.717, 1.165) is 17.7 Å². The third-order valence-electron chi connectivity index (χ3n) is 6.45. The molecule has 4 rings (SSSR count). The molecule has 212 valence electrons. The van der Waals surface area contributed by atoms with Gasteiger partial charge in [0.05, 0.1) is 17.1 Å². The van der Waals surface area contributed by atoms with E-state index < -0.39 is 41.7 Å². The quantitative estimate of drug-likeness (QED) is 0.251. The monoisotopic (exact) mass is 562 g/mol. The number of carboxylic acids is 1. The van der Waals surface area contributed by atoms with E-state index in [1.807, 2.05) is 30.3 Å². The summed E-state index contributed by atoms with van der Waals surface area (Å²) < 4.78 is 33.9. The third kappa shape index (κ3) is 6.93. The standard InChI is InChI=1S/C30H28F2N4O5/c1-17-26(34-30(40)41-18(2)20-7-5-4-6-8-20)27(36(3)35-17)21-10-12-22(13-11-21)28(37)33-25(29(38)39)16-19-9-14-23(31)24(32)15-19/h4-15,18,25H,16H2,1-3H3,(H,33,37)(H,34,40)(H,38,39). The summed E-state index contributed by atoms with van der Waals surface area (Å²) in [7, 11) is 1.71. The number of ether oxygens (including phenoxy) is 1. The van der Waals surface area contributed by atoms with Gasteiger partial charge < -0.3 is 15.2 Å². The summed E-state index contributed by atoms with van der Waals surface area (Å²) in [6, 6.07) is 17.3. The first-order valence-corrected chi connectivity index (χ1v) is 12.7. The molecule has 9 nitrogen and oxygen atoms in total. The van der Waals surface area contributed by atoms with Gasteiger partial charge >= 0.3 is 12.1 Å². The molecule has 2 unspecified atom stereocenters. The number of hydrogen-bond donors (Lipinski definition) is 3. The van der Waals surface area contributed by atoms with Gasteiger partial charge in [-0.15, -0.1) is 0 Å². The second-order valence-electron chi connectivity index (χ2n) is 9.41. The molecule has 1 aromatic heterocycles. The topological polar surface area (TPSA) is 123 Å². The number of amides is 2. The summed E-state index contributed by atoms with van der Waals surface area (Å²) in [6.45, 7) is 3.50. The Labute approximate surface area is 234 Å². The van der Waals surface area contributed by atoms with E-state index in [0.29, 0.717) is 22.6 Å². The number of carboxylic acid groups (broad SMARTS) is 1. The minimum atomic E-state index is -1.37. The van der Waals surface area contributed by atoms with Gasteiger partial charge in [-0.3, -0.25) is 14.8 Å². The fourth-order valence-corrected chi connectivity index (χ4v) is 4.35. The molecule has 2 atom stereocenters. The molecule has 0 fully saturated rings. The number of anilines is 1. The van der Waals surface area contributed by atoms with Crippen molar-refractivity contribution in [2.24, 2.45) is 7.05 Å². The number of aromatic nitrogens is 2. The second kappa shape index (κ2) is 12.4. The van der Waals surface area contributed by atoms with E-state index in [9.17, 15) is 28.3 Å². The SMILES string of the molecule is Cc1nn(C)c(-c2ccc(C(=O)NC(Cc3ccc(F)c(F)c3)C(=O)O)cc2)c1NC(=O)OC(C)c1ccccc1. The lowest BCUT2D eigenvalue weighted by atomic mass is 10.0. The second-order valence-corrected chi connectivity index (χ2v) is 9.41. The lowest BCUT2D eigenvalue weighted by Gasteiger charge is -2.16. The highest BCUT2D eigenvalue weighted by atomic mass is 19.2. The Morgan fingerprint density at radius 3 is 2.32 bits per heavy atom. The van der Waals surface area contributed by atoms with Gasteiger partial charge in [0.1, 0.15) is 12.1 Å². The van der Waals surface area contributed by atoms with E-state index >= 15 is 0 Å². The van der Waals surface area contributed by atoms with Crippen LogP contribution in [0.1, 0.15) is 40.2 Å². The normalized spacial score (nSPS) is 12.3. The number of carbonyl (C=O) groups excluding carboxylic acids is 2. The number of hydrogen-bond acceptors (Lipinski definition) is 5. The lowest BCUT2D eigenvalue weighted by Crippen LogP contribution is -2.42. The summed E-state index contributed by atoms with van der Waals surface area (Å²) in [5.41, 5.74) is 3.43. The molecule has 0 radical (unpaired) electrons. The summed E-state index contributed by atoms with van der Waals surface area (Å²) in [4.78, 5) is 37.3. The Kier molecular flexibility index (Phi) is 8.76. The van der Waals surface area contributed by atoms with Crippen LogP contribution in [0.15, 0.2) is 72.8 Å². The van der Waals surface area contributed by atoms with Crippen LogP contribution >= 0.6 is 0 Å². The van der Waals surface area contributed by atoms with Crippen LogP contribution in [0, 0.1) is 18.6 Å². The Hall–Kier alpha value is -5.06. The molecule has 1 heterocycles. The zero-order valence-electron chi connectivity index (χ0n) is 22.5. The van der Waals surface area contributed by atoms with Gasteiger partial charge in [0.2, 0.25) is 0 Å². The first-order valence-electron chi connectivity index (χ1n) is 12.7. The molecule has 0 aliphatic carbocycles. The van der Waals surface area contributed by atoms with Gasteiger partial charge in [-0.05, 0) is 49.2 Å². The first kappa shape index (κ1) is 28.9. The average Bonchev–Trinajstić information content (AvgIpc) is 3.22. The molecule has 0 spiro atoms. The smallest absolute Gasteiger partial charge is 0.412 e. The third-order valence-corrected chi connectivity index (χ3v) is 6.45. The van der Waals surface area contributed by atoms with Crippen LogP contribution in [-0.4, -0.2) is 38.9 Å². The fraction of sp³-hybridized carbons (Fsp3) is 0.200. The predicted molar refractivity (Wildman–Crippen MR) is 147 cm³/mol. The zero-order chi connectivity index (χ0) is 29.7. The highest BCUT2D eigenvalue weighted by Crippen LogP contribution is 2.31. The number of aliphatic carboxylic acids is 1. The summed E-state index contributed by atoms with van der Waals surface area (Å²) >= 11 is 0. The molecule has 41 heavy (non-hydrogen) atoms. The van der Waals surface area contributed by atoms with Crippen LogP contribution in [0.5, 0.6) is 0 Å². The van der Waals surface area contributed by atoms with E-state index in [2.05, 4.69) is 15.7 Å². The molecule has 0 aliphatic rings. The van der Waals surface area contributed by atoms with Crippen molar-refractivity contribution in [2.45, 2.75) is 32.4 Å².